The summed E-state index contributed by atoms with van der Waals surface area (Å²) < 4.78 is 5.24. The summed E-state index contributed by atoms with van der Waals surface area (Å²) in [7, 11) is 0. The molecule has 1 saturated heterocycles. The third-order valence-electron chi connectivity index (χ3n) is 2.86. The van der Waals surface area contributed by atoms with Crippen LogP contribution in [0.25, 0.3) is 0 Å². The Balaban J connectivity index is 2.24. The summed E-state index contributed by atoms with van der Waals surface area (Å²) in [6.07, 6.45) is 4.42. The monoisotopic (exact) mass is 166 g/mol. The smallest absolute Gasteiger partial charge is 0.313 e. The van der Waals surface area contributed by atoms with E-state index in [4.69, 9.17) is 4.74 Å². The van der Waals surface area contributed by atoms with Gasteiger partial charge in [0.25, 0.3) is 0 Å². The van der Waals surface area contributed by atoms with Crippen LogP contribution in [0.15, 0.2) is 11.6 Å². The van der Waals surface area contributed by atoms with Crippen molar-refractivity contribution in [3.63, 3.8) is 0 Å². The van der Waals surface area contributed by atoms with E-state index in [0.717, 1.165) is 12.8 Å². The quantitative estimate of drug-likeness (QED) is 0.406. The second-order valence-electron chi connectivity index (χ2n) is 3.93. The van der Waals surface area contributed by atoms with Crippen molar-refractivity contribution in [2.75, 3.05) is 0 Å². The van der Waals surface area contributed by atoms with Gasteiger partial charge in [-0.05, 0) is 31.3 Å². The second-order valence-corrected chi connectivity index (χ2v) is 3.93. The number of carbonyl (C=O) groups excluding carboxylic acids is 1. The van der Waals surface area contributed by atoms with Crippen molar-refractivity contribution < 1.29 is 9.53 Å². The van der Waals surface area contributed by atoms with Crippen LogP contribution in [0.3, 0.4) is 0 Å². The molecule has 0 saturated carbocycles. The summed E-state index contributed by atoms with van der Waals surface area (Å²) in [5.41, 5.74) is 1.22. The van der Waals surface area contributed by atoms with Crippen LogP contribution in [0.4, 0.5) is 0 Å². The molecule has 2 nitrogen and oxygen atoms in total. The maximum atomic E-state index is 11.2. The van der Waals surface area contributed by atoms with Gasteiger partial charge in [-0.1, -0.05) is 13.0 Å². The molecule has 0 N–H and O–H groups in total. The normalized spacial score (nSPS) is 40.3. The molecule has 3 atom stereocenters. The highest BCUT2D eigenvalue weighted by atomic mass is 16.6. The van der Waals surface area contributed by atoms with Gasteiger partial charge in [-0.15, -0.1) is 0 Å². The molecule has 0 bridgehead atoms. The third-order valence-corrected chi connectivity index (χ3v) is 2.86. The van der Waals surface area contributed by atoms with E-state index in [1.54, 1.807) is 0 Å². The summed E-state index contributed by atoms with van der Waals surface area (Å²) in [6.45, 7) is 4.13. The Kier molecular flexibility index (Phi) is 1.71. The van der Waals surface area contributed by atoms with Crippen LogP contribution in [0, 0.1) is 11.8 Å². The van der Waals surface area contributed by atoms with Crippen molar-refractivity contribution in [2.24, 2.45) is 11.8 Å². The fourth-order valence-electron chi connectivity index (χ4n) is 2.02. The highest BCUT2D eigenvalue weighted by Crippen LogP contribution is 2.36. The van der Waals surface area contributed by atoms with Gasteiger partial charge in [0.2, 0.25) is 0 Å². The Morgan fingerprint density at radius 1 is 1.50 bits per heavy atom. The summed E-state index contributed by atoms with van der Waals surface area (Å²) in [5, 5.41) is 0. The van der Waals surface area contributed by atoms with Crippen LogP contribution in [0.1, 0.15) is 26.7 Å². The van der Waals surface area contributed by atoms with E-state index in [1.165, 1.54) is 5.57 Å². The molecule has 2 rings (SSSR count). The summed E-state index contributed by atoms with van der Waals surface area (Å²) in [6, 6.07) is 0. The molecule has 0 aromatic carbocycles. The number of fused-ring (bicyclic) bond motifs is 1. The van der Waals surface area contributed by atoms with Crippen LogP contribution < -0.4 is 0 Å². The zero-order valence-electron chi connectivity index (χ0n) is 7.54. The Hall–Kier alpha value is -0.790. The minimum Gasteiger partial charge on any atom is -0.457 e. The standard InChI is InChI=1S/C10H14O2/c1-6-3-4-8-7(2)10(11)12-9(8)5-6/h4,6-7,9H,3,5H2,1-2H3/t6-,7+,9-/m1/s1. The Morgan fingerprint density at radius 3 is 3.00 bits per heavy atom. The van der Waals surface area contributed by atoms with Crippen molar-refractivity contribution in [1.82, 2.24) is 0 Å². The van der Waals surface area contributed by atoms with Crippen molar-refractivity contribution in [1.29, 1.82) is 0 Å². The first-order chi connectivity index (χ1) is 5.68. The van der Waals surface area contributed by atoms with E-state index < -0.39 is 0 Å². The molecule has 0 unspecified atom stereocenters. The molecule has 0 amide bonds. The Bertz CT molecular complexity index is 242. The zero-order chi connectivity index (χ0) is 8.72. The lowest BCUT2D eigenvalue weighted by atomic mass is 9.85. The first kappa shape index (κ1) is 7.84. The van der Waals surface area contributed by atoms with Gasteiger partial charge in [0.15, 0.2) is 0 Å². The van der Waals surface area contributed by atoms with Crippen LogP contribution >= 0.6 is 0 Å². The molecule has 2 aliphatic rings. The number of rotatable bonds is 0. The maximum Gasteiger partial charge on any atom is 0.313 e. The van der Waals surface area contributed by atoms with Gasteiger partial charge in [0.05, 0.1) is 5.92 Å². The number of esters is 1. The van der Waals surface area contributed by atoms with E-state index in [0.29, 0.717) is 5.92 Å². The number of ether oxygens (including phenoxy) is 1. The topological polar surface area (TPSA) is 26.3 Å². The molecule has 0 aromatic rings. The maximum absolute atomic E-state index is 11.2. The lowest BCUT2D eigenvalue weighted by Crippen LogP contribution is -2.17. The summed E-state index contributed by atoms with van der Waals surface area (Å²) in [4.78, 5) is 11.2. The van der Waals surface area contributed by atoms with Gasteiger partial charge >= 0.3 is 5.97 Å². The number of hydrogen-bond donors (Lipinski definition) is 0. The van der Waals surface area contributed by atoms with Gasteiger partial charge < -0.3 is 4.74 Å². The lowest BCUT2D eigenvalue weighted by molar-refractivity contribution is -0.144. The van der Waals surface area contributed by atoms with E-state index in [1.807, 2.05) is 6.92 Å². The van der Waals surface area contributed by atoms with E-state index in [9.17, 15) is 4.79 Å². The van der Waals surface area contributed by atoms with Gasteiger partial charge in [-0.25, -0.2) is 0 Å². The minimum absolute atomic E-state index is 0.0162. The lowest BCUT2D eigenvalue weighted by Gasteiger charge is -2.21. The molecule has 1 heterocycles. The average molecular weight is 166 g/mol. The SMILES string of the molecule is C[C@@H]1CC=C2[C@H](C)C(=O)O[C@@H]2C1. The molecule has 2 heteroatoms. The van der Waals surface area contributed by atoms with Gasteiger partial charge in [-0.2, -0.15) is 0 Å². The molecule has 1 aliphatic carbocycles. The zero-order valence-corrected chi connectivity index (χ0v) is 7.54. The van der Waals surface area contributed by atoms with Crippen molar-refractivity contribution in [3.05, 3.63) is 11.6 Å². The van der Waals surface area contributed by atoms with Crippen molar-refractivity contribution in [2.45, 2.75) is 32.8 Å². The van der Waals surface area contributed by atoms with Crippen molar-refractivity contribution >= 4 is 5.97 Å². The minimum atomic E-state index is -0.0413. The molecule has 0 spiro atoms. The van der Waals surface area contributed by atoms with E-state index in [2.05, 4.69) is 13.0 Å². The highest BCUT2D eigenvalue weighted by Gasteiger charge is 2.38. The molecular weight excluding hydrogens is 152 g/mol. The molecule has 66 valence electrons. The fourth-order valence-corrected chi connectivity index (χ4v) is 2.02. The Labute approximate surface area is 72.6 Å². The molecule has 0 aromatic heterocycles. The Morgan fingerprint density at radius 2 is 2.25 bits per heavy atom. The van der Waals surface area contributed by atoms with Crippen LogP contribution in [-0.2, 0) is 9.53 Å². The molecule has 12 heavy (non-hydrogen) atoms. The summed E-state index contributed by atoms with van der Waals surface area (Å²) in [5.74, 6) is 0.639. The van der Waals surface area contributed by atoms with Gasteiger partial charge in [0, 0.05) is 0 Å². The largest absolute Gasteiger partial charge is 0.457 e. The summed E-state index contributed by atoms with van der Waals surface area (Å²) >= 11 is 0. The fraction of sp³-hybridized carbons (Fsp3) is 0.700. The number of allylic oxidation sites excluding steroid dienone is 1. The predicted octanol–water partition coefficient (Wildman–Crippen LogP) is 1.90. The second kappa shape index (κ2) is 2.61. The van der Waals surface area contributed by atoms with Gasteiger partial charge in [-0.3, -0.25) is 4.79 Å². The van der Waals surface area contributed by atoms with E-state index >= 15 is 0 Å². The molecule has 0 radical (unpaired) electrons. The first-order valence-electron chi connectivity index (χ1n) is 4.59. The highest BCUT2D eigenvalue weighted by molar-refractivity contribution is 5.79. The average Bonchev–Trinajstić information content (AvgIpc) is 2.28. The predicted molar refractivity (Wildman–Crippen MR) is 45.5 cm³/mol. The number of hydrogen-bond acceptors (Lipinski definition) is 2. The molecule has 1 aliphatic heterocycles. The third kappa shape index (κ3) is 1.06. The van der Waals surface area contributed by atoms with Crippen molar-refractivity contribution in [3.8, 4) is 0 Å². The van der Waals surface area contributed by atoms with Crippen LogP contribution in [0.2, 0.25) is 0 Å². The van der Waals surface area contributed by atoms with E-state index in [-0.39, 0.29) is 18.0 Å². The molecule has 1 fully saturated rings. The molecular formula is C10H14O2. The van der Waals surface area contributed by atoms with Gasteiger partial charge in [0.1, 0.15) is 6.10 Å². The van der Waals surface area contributed by atoms with Crippen LogP contribution in [0.5, 0.6) is 0 Å². The number of carbonyl (C=O) groups is 1. The first-order valence-corrected chi connectivity index (χ1v) is 4.59. The van der Waals surface area contributed by atoms with Crippen LogP contribution in [-0.4, -0.2) is 12.1 Å².